The molecule has 382 valence electrons. The topological polar surface area (TPSA) is 69.6 Å². The van der Waals surface area contributed by atoms with E-state index >= 15 is 0 Å². The largest absolute Gasteiger partial charge is 0.394 e. The maximum Gasteiger partial charge on any atom is 0.220 e. The van der Waals surface area contributed by atoms with Gasteiger partial charge in [0.15, 0.2) is 0 Å². The number of amides is 1. The number of unbranched alkanes of at least 4 members (excludes halogenated alkanes) is 17. The summed E-state index contributed by atoms with van der Waals surface area (Å²) in [6, 6.07) is -0.662. The standard InChI is InChI=1S/C64H103NO3/c1-3-5-7-9-11-13-15-17-19-21-22-23-24-25-26-27-28-29-30-31-32-33-34-35-36-37-38-39-40-41-42-44-46-48-50-52-54-56-58-60-64(68)65-62(61-66)63(67)59-57-55-53-51-49-47-45-43-20-18-16-14-12-10-8-6-4-2/h5,7,11,13,17,19-20,22-23,25-26,28-29,31-32,34-35,37-38,40-41,43,49,51,57,59,62-63,66-67H,3-4,6,8-10,12,14-16,18,21,24,27,30,33,36,39,42,44-48,50,52-56,58,60-61H2,1-2H3,(H,65,68)/b7-5-,13-11-,19-17-,23-22-,26-25-,29-28-,32-31-,35-34-,38-37-,41-40-,43-20+,51-49+,59-57+. The van der Waals surface area contributed by atoms with E-state index in [2.05, 4.69) is 165 Å². The highest BCUT2D eigenvalue weighted by Crippen LogP contribution is 2.12. The number of aliphatic hydroxyl groups is 2. The van der Waals surface area contributed by atoms with E-state index in [-0.39, 0.29) is 12.5 Å². The van der Waals surface area contributed by atoms with Crippen LogP contribution in [0.2, 0.25) is 0 Å². The fraction of sp³-hybridized carbons (Fsp3) is 0.578. The van der Waals surface area contributed by atoms with Gasteiger partial charge < -0.3 is 15.5 Å². The summed E-state index contributed by atoms with van der Waals surface area (Å²) in [6.07, 6.45) is 92.4. The van der Waals surface area contributed by atoms with Crippen molar-refractivity contribution in [2.45, 2.75) is 231 Å². The van der Waals surface area contributed by atoms with Gasteiger partial charge in [-0.2, -0.15) is 0 Å². The Hall–Kier alpha value is -3.99. The van der Waals surface area contributed by atoms with Gasteiger partial charge in [0.05, 0.1) is 18.8 Å². The van der Waals surface area contributed by atoms with Crippen LogP contribution >= 0.6 is 0 Å². The second-order valence-electron chi connectivity index (χ2n) is 17.9. The zero-order chi connectivity index (χ0) is 49.2. The summed E-state index contributed by atoms with van der Waals surface area (Å²) in [5.41, 5.74) is 0. The third kappa shape index (κ3) is 53.0. The number of allylic oxidation sites excluding steroid dienone is 25. The maximum absolute atomic E-state index is 12.4. The second kappa shape index (κ2) is 57.3. The van der Waals surface area contributed by atoms with Gasteiger partial charge in [-0.05, 0) is 122 Å². The van der Waals surface area contributed by atoms with Crippen molar-refractivity contribution in [3.8, 4) is 0 Å². The minimum absolute atomic E-state index is 0.0939. The number of hydrogen-bond acceptors (Lipinski definition) is 3. The van der Waals surface area contributed by atoms with Gasteiger partial charge >= 0.3 is 0 Å². The lowest BCUT2D eigenvalue weighted by Crippen LogP contribution is -2.45. The molecule has 68 heavy (non-hydrogen) atoms. The van der Waals surface area contributed by atoms with Gasteiger partial charge in [0.2, 0.25) is 5.91 Å². The van der Waals surface area contributed by atoms with Crippen LogP contribution in [0, 0.1) is 0 Å². The van der Waals surface area contributed by atoms with Crippen molar-refractivity contribution in [3.05, 3.63) is 158 Å². The molecule has 0 saturated heterocycles. The number of aliphatic hydroxyl groups excluding tert-OH is 2. The molecule has 0 aromatic carbocycles. The van der Waals surface area contributed by atoms with Crippen LogP contribution in [-0.2, 0) is 4.79 Å². The van der Waals surface area contributed by atoms with Crippen molar-refractivity contribution < 1.29 is 15.0 Å². The Kier molecular flexibility index (Phi) is 54.0. The van der Waals surface area contributed by atoms with Crippen LogP contribution in [-0.4, -0.2) is 34.9 Å². The van der Waals surface area contributed by atoms with Crippen molar-refractivity contribution in [1.29, 1.82) is 0 Å². The summed E-state index contributed by atoms with van der Waals surface area (Å²) in [6.45, 7) is 4.16. The van der Waals surface area contributed by atoms with Crippen molar-refractivity contribution in [2.75, 3.05) is 6.61 Å². The fourth-order valence-electron chi connectivity index (χ4n) is 7.30. The first-order valence-corrected chi connectivity index (χ1v) is 27.7. The van der Waals surface area contributed by atoms with Crippen LogP contribution in [0.4, 0.5) is 0 Å². The van der Waals surface area contributed by atoms with Crippen LogP contribution < -0.4 is 5.32 Å². The van der Waals surface area contributed by atoms with Crippen LogP contribution in [0.5, 0.6) is 0 Å². The Morgan fingerprint density at radius 3 is 1.03 bits per heavy atom. The van der Waals surface area contributed by atoms with Gasteiger partial charge in [0.1, 0.15) is 0 Å². The average Bonchev–Trinajstić information content (AvgIpc) is 3.34. The predicted octanol–water partition coefficient (Wildman–Crippen LogP) is 18.6. The second-order valence-corrected chi connectivity index (χ2v) is 17.9. The maximum atomic E-state index is 12.4. The molecule has 3 N–H and O–H groups in total. The van der Waals surface area contributed by atoms with Crippen LogP contribution in [0.15, 0.2) is 158 Å². The Morgan fingerprint density at radius 2 is 0.662 bits per heavy atom. The molecule has 4 nitrogen and oxygen atoms in total. The fourth-order valence-corrected chi connectivity index (χ4v) is 7.30. The molecule has 0 bridgehead atoms. The number of rotatable bonds is 48. The molecule has 0 aliphatic heterocycles. The zero-order valence-electron chi connectivity index (χ0n) is 43.8. The molecule has 2 atom stereocenters. The van der Waals surface area contributed by atoms with E-state index in [9.17, 15) is 15.0 Å². The molecule has 0 aliphatic carbocycles. The molecule has 0 fully saturated rings. The van der Waals surface area contributed by atoms with E-state index in [1.54, 1.807) is 6.08 Å². The molecule has 0 spiro atoms. The Balaban J connectivity index is 3.69. The smallest absolute Gasteiger partial charge is 0.220 e. The molecule has 0 radical (unpaired) electrons. The number of carbonyl (C=O) groups is 1. The highest BCUT2D eigenvalue weighted by molar-refractivity contribution is 5.76. The molecule has 0 saturated carbocycles. The monoisotopic (exact) mass is 934 g/mol. The summed E-state index contributed by atoms with van der Waals surface area (Å²) in [7, 11) is 0. The third-order valence-electron chi connectivity index (χ3n) is 11.5. The third-order valence-corrected chi connectivity index (χ3v) is 11.5. The molecule has 0 aromatic rings. The molecular formula is C64H103NO3. The van der Waals surface area contributed by atoms with Crippen molar-refractivity contribution in [1.82, 2.24) is 5.32 Å². The van der Waals surface area contributed by atoms with E-state index in [0.29, 0.717) is 6.42 Å². The Bertz CT molecular complexity index is 1480. The first-order valence-electron chi connectivity index (χ1n) is 27.7. The van der Waals surface area contributed by atoms with Crippen LogP contribution in [0.25, 0.3) is 0 Å². The number of nitrogens with one attached hydrogen (secondary N) is 1. The molecule has 2 unspecified atom stereocenters. The van der Waals surface area contributed by atoms with Crippen LogP contribution in [0.3, 0.4) is 0 Å². The summed E-state index contributed by atoms with van der Waals surface area (Å²) in [4.78, 5) is 12.4. The molecular weight excluding hydrogens is 831 g/mol. The van der Waals surface area contributed by atoms with Crippen molar-refractivity contribution >= 4 is 5.91 Å². The molecule has 4 heteroatoms. The van der Waals surface area contributed by atoms with Crippen LogP contribution in [0.1, 0.15) is 219 Å². The lowest BCUT2D eigenvalue weighted by Gasteiger charge is -2.19. The number of carbonyl (C=O) groups excluding carboxylic acids is 1. The van der Waals surface area contributed by atoms with Crippen molar-refractivity contribution in [2.24, 2.45) is 0 Å². The quantitative estimate of drug-likeness (QED) is 0.0421. The first-order chi connectivity index (χ1) is 33.7. The average molecular weight is 935 g/mol. The Morgan fingerprint density at radius 1 is 0.368 bits per heavy atom. The normalized spacial score (nSPS) is 14.1. The lowest BCUT2D eigenvalue weighted by molar-refractivity contribution is -0.123. The molecule has 1 amide bonds. The summed E-state index contributed by atoms with van der Waals surface area (Å²) < 4.78 is 0. The van der Waals surface area contributed by atoms with E-state index in [1.807, 2.05) is 6.08 Å². The summed E-state index contributed by atoms with van der Waals surface area (Å²) in [5.74, 6) is -0.0939. The molecule has 0 aromatic heterocycles. The van der Waals surface area contributed by atoms with Gasteiger partial charge in [-0.15, -0.1) is 0 Å². The van der Waals surface area contributed by atoms with Gasteiger partial charge in [-0.1, -0.05) is 249 Å². The summed E-state index contributed by atoms with van der Waals surface area (Å²) >= 11 is 0. The van der Waals surface area contributed by atoms with E-state index in [1.165, 1.54) is 83.5 Å². The SMILES string of the molecule is CC/C=C\C/C=C\C/C=C\C/C=C\C/C=C\C/C=C\C/C=C\C/C=C\C/C=C\C/C=C\CCCCCCCCCCC(=O)NC(CO)C(O)/C=C/CC/C=C/CC/C=C/CCCCCCCCC. The van der Waals surface area contributed by atoms with Gasteiger partial charge in [-0.3, -0.25) is 4.79 Å². The van der Waals surface area contributed by atoms with Gasteiger partial charge in [0, 0.05) is 6.42 Å². The zero-order valence-corrected chi connectivity index (χ0v) is 43.8. The van der Waals surface area contributed by atoms with E-state index in [4.69, 9.17) is 0 Å². The highest BCUT2D eigenvalue weighted by Gasteiger charge is 2.17. The first kappa shape index (κ1) is 64.0. The summed E-state index contributed by atoms with van der Waals surface area (Å²) in [5, 5.41) is 23.1. The predicted molar refractivity (Wildman–Crippen MR) is 303 cm³/mol. The molecule has 0 rings (SSSR count). The van der Waals surface area contributed by atoms with Crippen molar-refractivity contribution in [3.63, 3.8) is 0 Å². The minimum atomic E-state index is -0.885. The van der Waals surface area contributed by atoms with E-state index in [0.717, 1.165) is 116 Å². The highest BCUT2D eigenvalue weighted by atomic mass is 16.3. The minimum Gasteiger partial charge on any atom is -0.394 e. The van der Waals surface area contributed by atoms with Gasteiger partial charge in [-0.25, -0.2) is 0 Å². The van der Waals surface area contributed by atoms with E-state index < -0.39 is 12.1 Å². The molecule has 0 heterocycles. The Labute approximate surface area is 420 Å². The lowest BCUT2D eigenvalue weighted by atomic mass is 10.1. The van der Waals surface area contributed by atoms with Gasteiger partial charge in [0.25, 0.3) is 0 Å². The molecule has 0 aliphatic rings. The number of hydrogen-bond donors (Lipinski definition) is 3.